The SMILES string of the molecule is CCCCOc1ccc(CC2CCCCN2)cc1. The van der Waals surface area contributed by atoms with Gasteiger partial charge in [0.05, 0.1) is 6.61 Å². The lowest BCUT2D eigenvalue weighted by Crippen LogP contribution is -2.35. The van der Waals surface area contributed by atoms with Gasteiger partial charge in [-0.15, -0.1) is 0 Å². The molecule has 0 aromatic heterocycles. The maximum Gasteiger partial charge on any atom is 0.119 e. The van der Waals surface area contributed by atoms with Gasteiger partial charge < -0.3 is 10.1 Å². The number of hydrogen-bond donors (Lipinski definition) is 1. The summed E-state index contributed by atoms with van der Waals surface area (Å²) in [6.45, 7) is 4.20. The van der Waals surface area contributed by atoms with Crippen LogP contribution in [-0.4, -0.2) is 19.2 Å². The molecule has 1 fully saturated rings. The lowest BCUT2D eigenvalue weighted by molar-refractivity contribution is 0.309. The molecule has 0 bridgehead atoms. The van der Waals surface area contributed by atoms with E-state index in [1.807, 2.05) is 0 Å². The van der Waals surface area contributed by atoms with E-state index in [2.05, 4.69) is 36.5 Å². The average molecular weight is 247 g/mol. The quantitative estimate of drug-likeness (QED) is 0.776. The third-order valence-electron chi connectivity index (χ3n) is 3.58. The number of rotatable bonds is 6. The highest BCUT2D eigenvalue weighted by atomic mass is 16.5. The Balaban J connectivity index is 1.79. The van der Waals surface area contributed by atoms with E-state index < -0.39 is 0 Å². The Hall–Kier alpha value is -1.02. The molecule has 100 valence electrons. The molecule has 0 amide bonds. The summed E-state index contributed by atoms with van der Waals surface area (Å²) >= 11 is 0. The molecule has 0 spiro atoms. The van der Waals surface area contributed by atoms with Crippen LogP contribution in [0, 0.1) is 0 Å². The van der Waals surface area contributed by atoms with Crippen molar-refractivity contribution in [3.63, 3.8) is 0 Å². The van der Waals surface area contributed by atoms with Crippen LogP contribution in [0.2, 0.25) is 0 Å². The van der Waals surface area contributed by atoms with Crippen LogP contribution in [0.15, 0.2) is 24.3 Å². The Morgan fingerprint density at radius 2 is 2.06 bits per heavy atom. The molecule has 1 aliphatic rings. The van der Waals surface area contributed by atoms with Crippen molar-refractivity contribution in [3.8, 4) is 5.75 Å². The van der Waals surface area contributed by atoms with E-state index >= 15 is 0 Å². The smallest absolute Gasteiger partial charge is 0.119 e. The molecule has 1 aromatic carbocycles. The van der Waals surface area contributed by atoms with Crippen molar-refractivity contribution in [2.45, 2.75) is 51.5 Å². The van der Waals surface area contributed by atoms with E-state index in [0.717, 1.165) is 25.2 Å². The summed E-state index contributed by atoms with van der Waals surface area (Å²) in [6, 6.07) is 9.29. The number of hydrogen-bond acceptors (Lipinski definition) is 2. The van der Waals surface area contributed by atoms with E-state index in [0.29, 0.717) is 6.04 Å². The van der Waals surface area contributed by atoms with Gasteiger partial charge in [-0.2, -0.15) is 0 Å². The lowest BCUT2D eigenvalue weighted by Gasteiger charge is -2.23. The fourth-order valence-electron chi connectivity index (χ4n) is 2.44. The average Bonchev–Trinajstić information content (AvgIpc) is 2.42. The predicted molar refractivity (Wildman–Crippen MR) is 76.2 cm³/mol. The van der Waals surface area contributed by atoms with Gasteiger partial charge in [0.15, 0.2) is 0 Å². The molecule has 18 heavy (non-hydrogen) atoms. The van der Waals surface area contributed by atoms with Crippen molar-refractivity contribution in [1.29, 1.82) is 0 Å². The predicted octanol–water partition coefficient (Wildman–Crippen LogP) is 3.55. The minimum absolute atomic E-state index is 0.672. The molecule has 0 aliphatic carbocycles. The number of nitrogens with one attached hydrogen (secondary N) is 1. The van der Waals surface area contributed by atoms with Gasteiger partial charge in [0.25, 0.3) is 0 Å². The van der Waals surface area contributed by atoms with Gasteiger partial charge in [-0.3, -0.25) is 0 Å². The Morgan fingerprint density at radius 3 is 2.72 bits per heavy atom. The van der Waals surface area contributed by atoms with Crippen LogP contribution in [0.25, 0.3) is 0 Å². The molecule has 1 heterocycles. The van der Waals surface area contributed by atoms with E-state index in [-0.39, 0.29) is 0 Å². The molecule has 2 nitrogen and oxygen atoms in total. The summed E-state index contributed by atoms with van der Waals surface area (Å²) in [5, 5.41) is 3.59. The summed E-state index contributed by atoms with van der Waals surface area (Å²) in [5.41, 5.74) is 1.41. The zero-order chi connectivity index (χ0) is 12.6. The highest BCUT2D eigenvalue weighted by Gasteiger charge is 2.12. The van der Waals surface area contributed by atoms with Gasteiger partial charge in [0.1, 0.15) is 5.75 Å². The Morgan fingerprint density at radius 1 is 1.22 bits per heavy atom. The minimum atomic E-state index is 0.672. The van der Waals surface area contributed by atoms with Crippen LogP contribution < -0.4 is 10.1 Å². The van der Waals surface area contributed by atoms with Crippen LogP contribution >= 0.6 is 0 Å². The highest BCUT2D eigenvalue weighted by molar-refractivity contribution is 5.27. The molecule has 1 unspecified atom stereocenters. The molecule has 0 saturated carbocycles. The molecule has 1 saturated heterocycles. The standard InChI is InChI=1S/C16H25NO/c1-2-3-12-18-16-9-7-14(8-10-16)13-15-6-4-5-11-17-15/h7-10,15,17H,2-6,11-13H2,1H3. The third-order valence-corrected chi connectivity index (χ3v) is 3.58. The lowest BCUT2D eigenvalue weighted by atomic mass is 9.98. The van der Waals surface area contributed by atoms with Crippen LogP contribution in [-0.2, 0) is 6.42 Å². The second-order valence-electron chi connectivity index (χ2n) is 5.20. The van der Waals surface area contributed by atoms with Crippen molar-refractivity contribution >= 4 is 0 Å². The molecule has 2 heteroatoms. The topological polar surface area (TPSA) is 21.3 Å². The molecule has 1 aromatic rings. The molecular formula is C16H25NO. The molecule has 1 N–H and O–H groups in total. The maximum atomic E-state index is 5.68. The van der Waals surface area contributed by atoms with E-state index in [1.165, 1.54) is 37.8 Å². The number of ether oxygens (including phenoxy) is 1. The summed E-state index contributed by atoms with van der Waals surface area (Å²) in [5.74, 6) is 1.00. The number of benzene rings is 1. The van der Waals surface area contributed by atoms with Crippen molar-refractivity contribution in [1.82, 2.24) is 5.32 Å². The zero-order valence-corrected chi connectivity index (χ0v) is 11.5. The fraction of sp³-hybridized carbons (Fsp3) is 0.625. The van der Waals surface area contributed by atoms with Crippen molar-refractivity contribution in [2.24, 2.45) is 0 Å². The zero-order valence-electron chi connectivity index (χ0n) is 11.5. The third kappa shape index (κ3) is 4.34. The summed E-state index contributed by atoms with van der Waals surface area (Å²) in [4.78, 5) is 0. The Bertz CT molecular complexity index is 327. The van der Waals surface area contributed by atoms with Crippen LogP contribution in [0.1, 0.15) is 44.6 Å². The molecular weight excluding hydrogens is 222 g/mol. The number of unbranched alkanes of at least 4 members (excludes halogenated alkanes) is 1. The molecule has 2 rings (SSSR count). The molecule has 1 aliphatic heterocycles. The minimum Gasteiger partial charge on any atom is -0.494 e. The molecule has 1 atom stereocenters. The largest absolute Gasteiger partial charge is 0.494 e. The van der Waals surface area contributed by atoms with Gasteiger partial charge in [0, 0.05) is 6.04 Å². The van der Waals surface area contributed by atoms with Gasteiger partial charge in [-0.05, 0) is 49.9 Å². The highest BCUT2D eigenvalue weighted by Crippen LogP contribution is 2.16. The van der Waals surface area contributed by atoms with Crippen LogP contribution in [0.5, 0.6) is 5.75 Å². The van der Waals surface area contributed by atoms with Gasteiger partial charge in [-0.25, -0.2) is 0 Å². The van der Waals surface area contributed by atoms with Gasteiger partial charge >= 0.3 is 0 Å². The van der Waals surface area contributed by atoms with Gasteiger partial charge in [0.2, 0.25) is 0 Å². The van der Waals surface area contributed by atoms with Gasteiger partial charge in [-0.1, -0.05) is 31.9 Å². The summed E-state index contributed by atoms with van der Waals surface area (Å²) in [6.07, 6.45) is 7.49. The summed E-state index contributed by atoms with van der Waals surface area (Å²) in [7, 11) is 0. The van der Waals surface area contributed by atoms with Crippen LogP contribution in [0.3, 0.4) is 0 Å². The monoisotopic (exact) mass is 247 g/mol. The van der Waals surface area contributed by atoms with E-state index in [4.69, 9.17) is 4.74 Å². The maximum absolute atomic E-state index is 5.68. The second-order valence-corrected chi connectivity index (χ2v) is 5.20. The van der Waals surface area contributed by atoms with E-state index in [1.54, 1.807) is 0 Å². The van der Waals surface area contributed by atoms with E-state index in [9.17, 15) is 0 Å². The van der Waals surface area contributed by atoms with Crippen LogP contribution in [0.4, 0.5) is 0 Å². The van der Waals surface area contributed by atoms with Crippen molar-refractivity contribution in [2.75, 3.05) is 13.2 Å². The Labute approximate surface area is 111 Å². The first-order valence-corrected chi connectivity index (χ1v) is 7.33. The first kappa shape index (κ1) is 13.4. The second kappa shape index (κ2) is 7.42. The van der Waals surface area contributed by atoms with Crippen molar-refractivity contribution < 1.29 is 4.74 Å². The Kier molecular flexibility index (Phi) is 5.53. The first-order valence-electron chi connectivity index (χ1n) is 7.33. The number of piperidine rings is 1. The van der Waals surface area contributed by atoms with Crippen molar-refractivity contribution in [3.05, 3.63) is 29.8 Å². The first-order chi connectivity index (χ1) is 8.88. The fourth-order valence-corrected chi connectivity index (χ4v) is 2.44. The normalized spacial score (nSPS) is 19.7. The summed E-state index contributed by atoms with van der Waals surface area (Å²) < 4.78 is 5.68. The molecule has 0 radical (unpaired) electrons.